The third-order valence-corrected chi connectivity index (χ3v) is 6.58. The van der Waals surface area contributed by atoms with Gasteiger partial charge in [0.1, 0.15) is 0 Å². The molecule has 0 aromatic heterocycles. The van der Waals surface area contributed by atoms with Crippen LogP contribution in [0.2, 0.25) is 0 Å². The zero-order chi connectivity index (χ0) is 21.4. The first-order valence-electron chi connectivity index (χ1n) is 10.5. The molecule has 2 aromatic rings. The number of hydrogen-bond acceptors (Lipinski definition) is 2. The smallest absolute Gasteiger partial charge is 0.337 e. The summed E-state index contributed by atoms with van der Waals surface area (Å²) in [6.07, 6.45) is -0.959. The second kappa shape index (κ2) is 8.06. The first-order valence-corrected chi connectivity index (χ1v) is 10.5. The Balaban J connectivity index is 1.37. The molecule has 0 bridgehead atoms. The van der Waals surface area contributed by atoms with Gasteiger partial charge in [0.15, 0.2) is 0 Å². The van der Waals surface area contributed by atoms with Crippen LogP contribution in [0.1, 0.15) is 49.3 Å². The van der Waals surface area contributed by atoms with E-state index in [2.05, 4.69) is 36.5 Å². The summed E-state index contributed by atoms with van der Waals surface area (Å²) in [7, 11) is 0. The molecule has 2 fully saturated rings. The minimum Gasteiger partial charge on any atom is -0.337 e. The number of nitrogens with zero attached hydrogens (tertiary/aromatic N) is 1. The van der Waals surface area contributed by atoms with Gasteiger partial charge in [-0.3, -0.25) is 4.79 Å². The molecule has 0 radical (unpaired) electrons. The topological polar surface area (TPSA) is 32.3 Å². The van der Waals surface area contributed by atoms with Crippen LogP contribution in [0.15, 0.2) is 54.6 Å². The van der Waals surface area contributed by atoms with Crippen molar-refractivity contribution in [2.75, 3.05) is 6.54 Å². The van der Waals surface area contributed by atoms with Crippen LogP contribution in [0.5, 0.6) is 0 Å². The van der Waals surface area contributed by atoms with E-state index >= 15 is 0 Å². The third kappa shape index (κ3) is 4.38. The van der Waals surface area contributed by atoms with E-state index in [0.29, 0.717) is 19.0 Å². The van der Waals surface area contributed by atoms with E-state index in [1.807, 2.05) is 6.07 Å². The molecule has 1 saturated carbocycles. The molecule has 2 aliphatic rings. The van der Waals surface area contributed by atoms with Crippen molar-refractivity contribution in [2.24, 2.45) is 0 Å². The predicted octanol–water partition coefficient (Wildman–Crippen LogP) is 4.91. The zero-order valence-electron chi connectivity index (χ0n) is 17.1. The number of rotatable bonds is 5. The van der Waals surface area contributed by atoms with Crippen LogP contribution in [0.25, 0.3) is 0 Å². The Hall–Kier alpha value is -2.34. The summed E-state index contributed by atoms with van der Waals surface area (Å²) < 4.78 is 39.8. The van der Waals surface area contributed by atoms with Gasteiger partial charge < -0.3 is 10.2 Å². The Bertz CT molecular complexity index is 899. The second-order valence-corrected chi connectivity index (χ2v) is 8.86. The fraction of sp³-hybridized carbons (Fsp3) is 0.458. The molecule has 1 aliphatic heterocycles. The normalized spacial score (nSPS) is 27.1. The van der Waals surface area contributed by atoms with Crippen molar-refractivity contribution >= 4 is 5.91 Å². The van der Waals surface area contributed by atoms with Gasteiger partial charge in [-0.25, -0.2) is 0 Å². The van der Waals surface area contributed by atoms with Crippen molar-refractivity contribution in [3.05, 3.63) is 71.3 Å². The molecule has 1 aliphatic carbocycles. The van der Waals surface area contributed by atoms with Gasteiger partial charge in [-0.05, 0) is 41.9 Å². The minimum atomic E-state index is -4.41. The lowest BCUT2D eigenvalue weighted by molar-refractivity contribution is -0.139. The van der Waals surface area contributed by atoms with Crippen LogP contribution < -0.4 is 5.32 Å². The zero-order valence-corrected chi connectivity index (χ0v) is 17.1. The highest BCUT2D eigenvalue weighted by Crippen LogP contribution is 2.41. The predicted molar refractivity (Wildman–Crippen MR) is 110 cm³/mol. The third-order valence-electron chi connectivity index (χ3n) is 6.58. The first-order chi connectivity index (χ1) is 14.2. The summed E-state index contributed by atoms with van der Waals surface area (Å²) in [5.74, 6) is -0.0895. The number of halogens is 3. The van der Waals surface area contributed by atoms with Gasteiger partial charge in [0.2, 0.25) is 5.91 Å². The van der Waals surface area contributed by atoms with E-state index < -0.39 is 11.7 Å². The Morgan fingerprint density at radius 2 is 1.77 bits per heavy atom. The summed E-state index contributed by atoms with van der Waals surface area (Å²) >= 11 is 0. The molecule has 1 heterocycles. The van der Waals surface area contributed by atoms with Gasteiger partial charge in [0.25, 0.3) is 0 Å². The summed E-state index contributed by atoms with van der Waals surface area (Å²) in [6, 6.07) is 16.3. The lowest BCUT2D eigenvalue weighted by Gasteiger charge is -2.26. The average Bonchev–Trinajstić information content (AvgIpc) is 3.25. The van der Waals surface area contributed by atoms with E-state index in [0.717, 1.165) is 25.3 Å². The maximum atomic E-state index is 13.3. The van der Waals surface area contributed by atoms with E-state index in [1.165, 1.54) is 17.7 Å². The number of carbonyl (C=O) groups excluding carboxylic acids is 1. The molecule has 1 saturated heterocycles. The molecule has 3 unspecified atom stereocenters. The fourth-order valence-corrected chi connectivity index (χ4v) is 5.00. The molecular weight excluding hydrogens is 389 g/mol. The van der Waals surface area contributed by atoms with Crippen molar-refractivity contribution in [1.82, 2.24) is 10.2 Å². The van der Waals surface area contributed by atoms with E-state index in [-0.39, 0.29) is 29.5 Å². The highest BCUT2D eigenvalue weighted by atomic mass is 19.4. The number of carbonyl (C=O) groups is 1. The van der Waals surface area contributed by atoms with Crippen molar-refractivity contribution in [3.8, 4) is 0 Å². The molecule has 3 atom stereocenters. The Morgan fingerprint density at radius 3 is 2.50 bits per heavy atom. The Labute approximate surface area is 175 Å². The van der Waals surface area contributed by atoms with Gasteiger partial charge in [0.05, 0.1) is 5.56 Å². The number of amides is 1. The standard InChI is InChI=1S/C24H27F3N2O/c1-23(18-8-3-2-4-9-18)12-11-19(14-23)28-20-13-22(30)29(16-20)15-17-7-5-6-10-21(17)24(25,26)27/h2-10,19-20,28H,11-16H2,1H3. The SMILES string of the molecule is CC1(c2ccccc2)CCC(NC2CC(=O)N(Cc3ccccc3C(F)(F)F)C2)C1. The van der Waals surface area contributed by atoms with Crippen LogP contribution in [0, 0.1) is 0 Å². The van der Waals surface area contributed by atoms with E-state index in [9.17, 15) is 18.0 Å². The molecule has 30 heavy (non-hydrogen) atoms. The van der Waals surface area contributed by atoms with Gasteiger partial charge in [-0.15, -0.1) is 0 Å². The average molecular weight is 416 g/mol. The summed E-state index contributed by atoms with van der Waals surface area (Å²) in [6.45, 7) is 2.73. The molecule has 1 N–H and O–H groups in total. The minimum absolute atomic E-state index is 0.000899. The highest BCUT2D eigenvalue weighted by Gasteiger charge is 2.39. The number of hydrogen-bond donors (Lipinski definition) is 1. The van der Waals surface area contributed by atoms with Gasteiger partial charge >= 0.3 is 6.18 Å². The number of nitrogens with one attached hydrogen (secondary N) is 1. The van der Waals surface area contributed by atoms with E-state index in [4.69, 9.17) is 0 Å². The van der Waals surface area contributed by atoms with E-state index in [1.54, 1.807) is 11.0 Å². The molecule has 0 spiro atoms. The van der Waals surface area contributed by atoms with Crippen molar-refractivity contribution in [2.45, 2.75) is 62.8 Å². The molecule has 6 heteroatoms. The van der Waals surface area contributed by atoms with Crippen molar-refractivity contribution in [1.29, 1.82) is 0 Å². The van der Waals surface area contributed by atoms with Gasteiger partial charge in [-0.1, -0.05) is 55.5 Å². The van der Waals surface area contributed by atoms with Crippen LogP contribution in [-0.2, 0) is 22.9 Å². The number of benzene rings is 2. The maximum absolute atomic E-state index is 13.3. The Morgan fingerprint density at radius 1 is 1.07 bits per heavy atom. The molecule has 2 aromatic carbocycles. The lowest BCUT2D eigenvalue weighted by atomic mass is 9.81. The quantitative estimate of drug-likeness (QED) is 0.752. The van der Waals surface area contributed by atoms with Gasteiger partial charge in [0, 0.05) is 31.6 Å². The molecule has 160 valence electrons. The summed E-state index contributed by atoms with van der Waals surface area (Å²) in [5.41, 5.74) is 0.940. The highest BCUT2D eigenvalue weighted by molar-refractivity contribution is 5.79. The van der Waals surface area contributed by atoms with Crippen molar-refractivity contribution < 1.29 is 18.0 Å². The fourth-order valence-electron chi connectivity index (χ4n) is 5.00. The second-order valence-electron chi connectivity index (χ2n) is 8.86. The largest absolute Gasteiger partial charge is 0.416 e. The van der Waals surface area contributed by atoms with Crippen molar-refractivity contribution in [3.63, 3.8) is 0 Å². The van der Waals surface area contributed by atoms with Crippen LogP contribution >= 0.6 is 0 Å². The van der Waals surface area contributed by atoms with Gasteiger partial charge in [-0.2, -0.15) is 13.2 Å². The monoisotopic (exact) mass is 416 g/mol. The van der Waals surface area contributed by atoms with Crippen LogP contribution in [-0.4, -0.2) is 29.4 Å². The lowest BCUT2D eigenvalue weighted by Crippen LogP contribution is -2.39. The van der Waals surface area contributed by atoms with Crippen LogP contribution in [0.4, 0.5) is 13.2 Å². The number of alkyl halides is 3. The molecule has 3 nitrogen and oxygen atoms in total. The van der Waals surface area contributed by atoms with Crippen LogP contribution in [0.3, 0.4) is 0 Å². The molecule has 1 amide bonds. The Kier molecular flexibility index (Phi) is 5.62. The first kappa shape index (κ1) is 20.9. The summed E-state index contributed by atoms with van der Waals surface area (Å²) in [4.78, 5) is 14.0. The summed E-state index contributed by atoms with van der Waals surface area (Å²) in [5, 5.41) is 3.61. The maximum Gasteiger partial charge on any atom is 0.416 e. The number of likely N-dealkylation sites (tertiary alicyclic amines) is 1. The molecule has 4 rings (SSSR count). The molecular formula is C24H27F3N2O.